The van der Waals surface area contributed by atoms with Gasteiger partial charge in [0.1, 0.15) is 5.52 Å². The van der Waals surface area contributed by atoms with E-state index in [4.69, 9.17) is 11.1 Å². The summed E-state index contributed by atoms with van der Waals surface area (Å²) in [5.41, 5.74) is 10.3. The minimum atomic E-state index is -0.129. The second-order valence-corrected chi connectivity index (χ2v) is 12.7. The standard InChI is InChI=1S/C34H48N6OS/c1-10-21(3)23(5)24(6)27(11-2)18-28(30-13-12-16-37-25(30)7)20-40-34(41)32-31(19-38-40)33(26(8)39(32)9)42-22(4)17-29(36)14-15-35/h12-16,18-19,21,23-24,27,36H,4,10-11,17,20,35H2,1-3,5-9H3/b15-14-,28-18-,36-29?. The molecule has 4 atom stereocenters. The molecule has 0 fully saturated rings. The number of thioether (sulfide) groups is 1. The minimum absolute atomic E-state index is 0.129. The molecule has 3 rings (SSSR count). The first-order chi connectivity index (χ1) is 19.9. The van der Waals surface area contributed by atoms with E-state index in [1.165, 1.54) is 18.0 Å². The number of aryl methyl sites for hydroxylation is 2. The van der Waals surface area contributed by atoms with Crippen LogP contribution in [0.2, 0.25) is 0 Å². The van der Waals surface area contributed by atoms with Crippen LogP contribution >= 0.6 is 11.8 Å². The lowest BCUT2D eigenvalue weighted by Gasteiger charge is -2.31. The van der Waals surface area contributed by atoms with Crippen LogP contribution in [0.4, 0.5) is 0 Å². The van der Waals surface area contributed by atoms with Crippen LogP contribution in [0.15, 0.2) is 64.1 Å². The highest BCUT2D eigenvalue weighted by atomic mass is 32.2. The van der Waals surface area contributed by atoms with Crippen molar-refractivity contribution in [1.82, 2.24) is 19.3 Å². The average Bonchev–Trinajstić information content (AvgIpc) is 3.20. The molecule has 7 nitrogen and oxygen atoms in total. The van der Waals surface area contributed by atoms with Crippen molar-refractivity contribution in [2.24, 2.45) is 36.5 Å². The fraction of sp³-hybridized carbons (Fsp3) is 0.471. The van der Waals surface area contributed by atoms with Crippen molar-refractivity contribution >= 4 is 33.9 Å². The molecule has 3 aromatic rings. The molecular weight excluding hydrogens is 540 g/mol. The fourth-order valence-electron chi connectivity index (χ4n) is 5.69. The van der Waals surface area contributed by atoms with E-state index in [1.807, 2.05) is 37.7 Å². The molecule has 0 saturated carbocycles. The summed E-state index contributed by atoms with van der Waals surface area (Å²) >= 11 is 1.48. The Bertz CT molecular complexity index is 1550. The van der Waals surface area contributed by atoms with Gasteiger partial charge in [0.05, 0.1) is 12.7 Å². The van der Waals surface area contributed by atoms with E-state index in [0.717, 1.165) is 50.6 Å². The Morgan fingerprint density at radius 2 is 1.90 bits per heavy atom. The summed E-state index contributed by atoms with van der Waals surface area (Å²) in [5, 5.41) is 13.5. The maximum Gasteiger partial charge on any atom is 0.291 e. The largest absolute Gasteiger partial charge is 0.405 e. The molecule has 0 radical (unpaired) electrons. The van der Waals surface area contributed by atoms with Gasteiger partial charge in [-0.3, -0.25) is 9.78 Å². The molecule has 0 bridgehead atoms. The van der Waals surface area contributed by atoms with Crippen molar-refractivity contribution in [2.45, 2.75) is 79.2 Å². The van der Waals surface area contributed by atoms with Crippen LogP contribution in [-0.4, -0.2) is 25.0 Å². The third-order valence-corrected chi connectivity index (χ3v) is 10.1. The first kappa shape index (κ1) is 33.1. The maximum atomic E-state index is 14.0. The van der Waals surface area contributed by atoms with Gasteiger partial charge in [0, 0.05) is 52.6 Å². The second-order valence-electron chi connectivity index (χ2n) is 11.5. The molecule has 0 amide bonds. The number of aromatic nitrogens is 4. The molecular formula is C34H48N6OS. The highest BCUT2D eigenvalue weighted by Gasteiger charge is 2.25. The predicted molar refractivity (Wildman–Crippen MR) is 179 cm³/mol. The average molecular weight is 589 g/mol. The van der Waals surface area contributed by atoms with Gasteiger partial charge in [0.25, 0.3) is 5.56 Å². The highest BCUT2D eigenvalue weighted by Crippen LogP contribution is 2.37. The predicted octanol–water partition coefficient (Wildman–Crippen LogP) is 7.66. The molecule has 3 N–H and O–H groups in total. The Kier molecular flexibility index (Phi) is 11.6. The van der Waals surface area contributed by atoms with E-state index in [-0.39, 0.29) is 5.56 Å². The number of hydrogen-bond donors (Lipinski definition) is 2. The topological polar surface area (TPSA) is 103 Å². The van der Waals surface area contributed by atoms with Crippen molar-refractivity contribution in [2.75, 3.05) is 0 Å². The number of allylic oxidation sites excluding steroid dienone is 4. The molecule has 0 saturated heterocycles. The normalized spacial score (nSPS) is 15.2. The molecule has 0 spiro atoms. The van der Waals surface area contributed by atoms with Gasteiger partial charge in [-0.25, -0.2) is 4.68 Å². The van der Waals surface area contributed by atoms with Crippen LogP contribution in [0.25, 0.3) is 16.5 Å². The molecule has 0 aromatic carbocycles. The zero-order chi connectivity index (χ0) is 31.1. The van der Waals surface area contributed by atoms with Gasteiger partial charge in [-0.15, -0.1) is 0 Å². The van der Waals surface area contributed by atoms with E-state index in [0.29, 0.717) is 47.9 Å². The minimum Gasteiger partial charge on any atom is -0.405 e. The summed E-state index contributed by atoms with van der Waals surface area (Å²) in [6.45, 7) is 20.1. The molecule has 3 aromatic heterocycles. The lowest BCUT2D eigenvalue weighted by molar-refractivity contribution is 0.221. The van der Waals surface area contributed by atoms with Crippen LogP contribution in [0, 0.1) is 42.9 Å². The molecule has 8 heteroatoms. The summed E-state index contributed by atoms with van der Waals surface area (Å²) in [6.07, 6.45) is 11.5. The van der Waals surface area contributed by atoms with E-state index < -0.39 is 0 Å². The van der Waals surface area contributed by atoms with Gasteiger partial charge in [-0.1, -0.05) is 71.5 Å². The van der Waals surface area contributed by atoms with Gasteiger partial charge < -0.3 is 15.7 Å². The van der Waals surface area contributed by atoms with E-state index >= 15 is 0 Å². The monoisotopic (exact) mass is 588 g/mol. The van der Waals surface area contributed by atoms with Crippen molar-refractivity contribution in [3.05, 3.63) is 81.7 Å². The number of nitrogens with two attached hydrogens (primary N) is 1. The quantitative estimate of drug-likeness (QED) is 0.149. The third kappa shape index (κ3) is 7.33. The Morgan fingerprint density at radius 3 is 2.52 bits per heavy atom. The van der Waals surface area contributed by atoms with Crippen molar-refractivity contribution in [3.8, 4) is 0 Å². The SMILES string of the molecule is C=C(CC(=N)/C=C\N)Sc1c(C)n(C)c2c(=O)n(C/C(=C/C(CC)C(C)C(C)C(C)CC)c3cccnc3C)ncc12. The van der Waals surface area contributed by atoms with Gasteiger partial charge in [-0.05, 0) is 72.8 Å². The first-order valence-electron chi connectivity index (χ1n) is 14.9. The smallest absolute Gasteiger partial charge is 0.291 e. The summed E-state index contributed by atoms with van der Waals surface area (Å²) in [4.78, 5) is 20.3. The zero-order valence-corrected chi connectivity index (χ0v) is 27.4. The number of fused-ring (bicyclic) bond motifs is 1. The van der Waals surface area contributed by atoms with Gasteiger partial charge >= 0.3 is 0 Å². The van der Waals surface area contributed by atoms with Crippen LogP contribution in [0.5, 0.6) is 0 Å². The van der Waals surface area contributed by atoms with Crippen LogP contribution in [-0.2, 0) is 13.6 Å². The lowest BCUT2D eigenvalue weighted by atomic mass is 9.75. The van der Waals surface area contributed by atoms with Crippen molar-refractivity contribution in [3.63, 3.8) is 0 Å². The molecule has 0 aliphatic heterocycles. The van der Waals surface area contributed by atoms with Crippen molar-refractivity contribution in [1.29, 1.82) is 5.41 Å². The van der Waals surface area contributed by atoms with Crippen LogP contribution in [0.1, 0.15) is 70.8 Å². The number of nitrogens with zero attached hydrogens (tertiary/aromatic N) is 4. The molecule has 3 heterocycles. The van der Waals surface area contributed by atoms with E-state index in [9.17, 15) is 4.79 Å². The van der Waals surface area contributed by atoms with Gasteiger partial charge in [0.15, 0.2) is 0 Å². The fourth-order valence-corrected chi connectivity index (χ4v) is 6.75. The molecule has 0 aliphatic rings. The number of hydrogen-bond acceptors (Lipinski definition) is 6. The zero-order valence-electron chi connectivity index (χ0n) is 26.6. The van der Waals surface area contributed by atoms with Crippen LogP contribution in [0.3, 0.4) is 0 Å². The highest BCUT2D eigenvalue weighted by molar-refractivity contribution is 8.03. The molecule has 0 aliphatic carbocycles. The summed E-state index contributed by atoms with van der Waals surface area (Å²) in [7, 11) is 1.92. The van der Waals surface area contributed by atoms with Gasteiger partial charge in [-0.2, -0.15) is 5.10 Å². The Hall–Kier alpha value is -3.39. The summed E-state index contributed by atoms with van der Waals surface area (Å²) in [6, 6.07) is 4.05. The Labute approximate surface area is 255 Å². The number of pyridine rings is 1. The van der Waals surface area contributed by atoms with E-state index in [1.54, 1.807) is 17.0 Å². The molecule has 42 heavy (non-hydrogen) atoms. The van der Waals surface area contributed by atoms with Crippen molar-refractivity contribution < 1.29 is 0 Å². The van der Waals surface area contributed by atoms with E-state index in [2.05, 4.69) is 63.4 Å². The summed E-state index contributed by atoms with van der Waals surface area (Å²) < 4.78 is 3.53. The lowest BCUT2D eigenvalue weighted by Crippen LogP contribution is -2.26. The Balaban J connectivity index is 2.07. The number of nitrogens with one attached hydrogen (secondary N) is 1. The third-order valence-electron chi connectivity index (χ3n) is 8.97. The molecule has 226 valence electrons. The Morgan fingerprint density at radius 1 is 1.19 bits per heavy atom. The number of rotatable bonds is 14. The first-order valence-corrected chi connectivity index (χ1v) is 15.8. The van der Waals surface area contributed by atoms with Crippen LogP contribution < -0.4 is 11.3 Å². The second kappa shape index (κ2) is 14.7. The maximum absolute atomic E-state index is 14.0. The van der Waals surface area contributed by atoms with Gasteiger partial charge in [0.2, 0.25) is 0 Å². The summed E-state index contributed by atoms with van der Waals surface area (Å²) in [5.74, 6) is 2.08. The molecule has 4 unspecified atom stereocenters.